The Balaban J connectivity index is 1.60. The van der Waals surface area contributed by atoms with Gasteiger partial charge in [0, 0.05) is 19.2 Å². The van der Waals surface area contributed by atoms with Crippen molar-refractivity contribution >= 4 is 27.1 Å². The Morgan fingerprint density at radius 2 is 1.78 bits per heavy atom. The summed E-state index contributed by atoms with van der Waals surface area (Å²) in [5.74, 6) is 1.26. The van der Waals surface area contributed by atoms with Gasteiger partial charge in [-0.05, 0) is 48.9 Å². The van der Waals surface area contributed by atoms with Crippen molar-refractivity contribution in [2.45, 2.75) is 18.4 Å². The highest BCUT2D eigenvalue weighted by molar-refractivity contribution is 7.92. The summed E-state index contributed by atoms with van der Waals surface area (Å²) >= 11 is 0. The molecule has 0 atom stereocenters. The lowest BCUT2D eigenvalue weighted by Gasteiger charge is -2.23. The number of nitrogens with one attached hydrogen (secondary N) is 1. The van der Waals surface area contributed by atoms with E-state index in [9.17, 15) is 18.5 Å². The van der Waals surface area contributed by atoms with Gasteiger partial charge in [-0.3, -0.25) is 14.4 Å². The molecule has 0 saturated carbocycles. The average Bonchev–Trinajstić information content (AvgIpc) is 3.26. The van der Waals surface area contributed by atoms with E-state index in [1.807, 2.05) is 6.07 Å². The zero-order valence-electron chi connectivity index (χ0n) is 17.2. The van der Waals surface area contributed by atoms with Crippen LogP contribution in [0.3, 0.4) is 0 Å². The summed E-state index contributed by atoms with van der Waals surface area (Å²) in [5.41, 5.74) is 1.22. The molecule has 0 unspecified atom stereocenters. The van der Waals surface area contributed by atoms with Gasteiger partial charge in [-0.1, -0.05) is 24.3 Å². The van der Waals surface area contributed by atoms with Crippen LogP contribution in [0.2, 0.25) is 0 Å². The molecule has 10 heteroatoms. The monoisotopic (exact) mass is 455 g/mol. The number of ether oxygens (including phenoxy) is 2. The highest BCUT2D eigenvalue weighted by atomic mass is 32.2. The lowest BCUT2D eigenvalue weighted by atomic mass is 10.2. The fourth-order valence-electron chi connectivity index (χ4n) is 3.43. The zero-order chi connectivity index (χ0) is 22.7. The molecular weight excluding hydrogens is 434 g/mol. The van der Waals surface area contributed by atoms with Crippen molar-refractivity contribution in [2.24, 2.45) is 0 Å². The number of nitrogens with zero attached hydrogens (tertiary/aromatic N) is 2. The molecule has 3 aromatic rings. The van der Waals surface area contributed by atoms with Gasteiger partial charge in [-0.15, -0.1) is 0 Å². The third-order valence-corrected chi connectivity index (χ3v) is 6.90. The lowest BCUT2D eigenvalue weighted by Crippen LogP contribution is -2.30. The fraction of sp³-hybridized carbons (Fsp3) is 0.182. The summed E-state index contributed by atoms with van der Waals surface area (Å²) in [6, 6.07) is 17.9. The fourth-order valence-corrected chi connectivity index (χ4v) is 4.93. The SMILES string of the molecule is CCN(c1ccccc1)S(=O)(=O)c1ccc(NCc2ccc3c(c2)OCO3)c([N+](=O)[O-])c1. The molecule has 0 spiro atoms. The third-order valence-electron chi connectivity index (χ3n) is 5.01. The van der Waals surface area contributed by atoms with Crippen LogP contribution in [0.25, 0.3) is 0 Å². The van der Waals surface area contributed by atoms with Crippen molar-refractivity contribution in [3.63, 3.8) is 0 Å². The number of anilines is 2. The van der Waals surface area contributed by atoms with E-state index in [-0.39, 0.29) is 36.2 Å². The Labute approximate surface area is 185 Å². The van der Waals surface area contributed by atoms with Crippen molar-refractivity contribution in [1.29, 1.82) is 0 Å². The average molecular weight is 455 g/mol. The van der Waals surface area contributed by atoms with Crippen LogP contribution in [-0.2, 0) is 16.6 Å². The van der Waals surface area contributed by atoms with E-state index >= 15 is 0 Å². The molecule has 0 radical (unpaired) electrons. The van der Waals surface area contributed by atoms with Crippen molar-refractivity contribution in [3.8, 4) is 11.5 Å². The van der Waals surface area contributed by atoms with Gasteiger partial charge in [0.1, 0.15) is 5.69 Å². The first-order valence-electron chi connectivity index (χ1n) is 9.89. The van der Waals surface area contributed by atoms with E-state index in [2.05, 4.69) is 5.32 Å². The van der Waals surface area contributed by atoms with Gasteiger partial charge in [0.25, 0.3) is 15.7 Å². The molecule has 166 valence electrons. The van der Waals surface area contributed by atoms with E-state index in [1.165, 1.54) is 16.4 Å². The molecule has 1 heterocycles. The van der Waals surface area contributed by atoms with Gasteiger partial charge in [0.15, 0.2) is 11.5 Å². The molecule has 0 aromatic heterocycles. The summed E-state index contributed by atoms with van der Waals surface area (Å²) in [6.45, 7) is 2.34. The van der Waals surface area contributed by atoms with E-state index in [1.54, 1.807) is 49.4 Å². The van der Waals surface area contributed by atoms with E-state index in [0.717, 1.165) is 11.6 Å². The van der Waals surface area contributed by atoms with Crippen LogP contribution >= 0.6 is 0 Å². The number of nitro groups is 1. The number of benzene rings is 3. The van der Waals surface area contributed by atoms with Gasteiger partial charge in [0.05, 0.1) is 15.5 Å². The Hall–Kier alpha value is -3.79. The van der Waals surface area contributed by atoms with Gasteiger partial charge in [-0.2, -0.15) is 0 Å². The highest BCUT2D eigenvalue weighted by Crippen LogP contribution is 2.34. The smallest absolute Gasteiger partial charge is 0.293 e. The number of fused-ring (bicyclic) bond motifs is 1. The normalized spacial score (nSPS) is 12.4. The second-order valence-electron chi connectivity index (χ2n) is 6.98. The highest BCUT2D eigenvalue weighted by Gasteiger charge is 2.27. The van der Waals surface area contributed by atoms with Crippen LogP contribution in [0.15, 0.2) is 71.6 Å². The maximum absolute atomic E-state index is 13.2. The Bertz CT molecular complexity index is 1250. The topological polar surface area (TPSA) is 111 Å². The molecule has 1 N–H and O–H groups in total. The summed E-state index contributed by atoms with van der Waals surface area (Å²) in [7, 11) is -3.98. The van der Waals surface area contributed by atoms with Crippen molar-refractivity contribution in [3.05, 3.63) is 82.4 Å². The molecule has 0 aliphatic carbocycles. The number of hydrogen-bond donors (Lipinski definition) is 1. The first-order chi connectivity index (χ1) is 15.4. The first kappa shape index (κ1) is 21.4. The lowest BCUT2D eigenvalue weighted by molar-refractivity contribution is -0.384. The van der Waals surface area contributed by atoms with Crippen molar-refractivity contribution in [1.82, 2.24) is 0 Å². The maximum Gasteiger partial charge on any atom is 0.293 e. The Kier molecular flexibility index (Phi) is 5.87. The van der Waals surface area contributed by atoms with Crippen molar-refractivity contribution < 1.29 is 22.8 Å². The minimum atomic E-state index is -3.98. The molecule has 0 bridgehead atoms. The summed E-state index contributed by atoms with van der Waals surface area (Å²) < 4.78 is 38.2. The second-order valence-corrected chi connectivity index (χ2v) is 8.84. The summed E-state index contributed by atoms with van der Waals surface area (Å²) in [5, 5.41) is 14.7. The molecular formula is C22H21N3O6S. The van der Waals surface area contributed by atoms with E-state index < -0.39 is 14.9 Å². The Morgan fingerprint density at radius 1 is 1.03 bits per heavy atom. The summed E-state index contributed by atoms with van der Waals surface area (Å²) in [4.78, 5) is 10.9. The third kappa shape index (κ3) is 4.17. The molecule has 4 rings (SSSR count). The van der Waals surface area contributed by atoms with Gasteiger partial charge >= 0.3 is 0 Å². The predicted molar refractivity (Wildman–Crippen MR) is 120 cm³/mol. The van der Waals surface area contributed by atoms with Gasteiger partial charge in [0.2, 0.25) is 6.79 Å². The van der Waals surface area contributed by atoms with Crippen LogP contribution in [0, 0.1) is 10.1 Å². The second kappa shape index (κ2) is 8.75. The molecule has 1 aliphatic heterocycles. The van der Waals surface area contributed by atoms with Crippen LogP contribution in [0.5, 0.6) is 11.5 Å². The van der Waals surface area contributed by atoms with Crippen LogP contribution in [-0.4, -0.2) is 26.7 Å². The molecule has 3 aromatic carbocycles. The largest absolute Gasteiger partial charge is 0.454 e. The predicted octanol–water partition coefficient (Wildman–Crippen LogP) is 4.15. The number of nitro benzene ring substituents is 1. The van der Waals surface area contributed by atoms with Crippen LogP contribution in [0.4, 0.5) is 17.1 Å². The van der Waals surface area contributed by atoms with E-state index in [4.69, 9.17) is 9.47 Å². The zero-order valence-corrected chi connectivity index (χ0v) is 18.0. The maximum atomic E-state index is 13.2. The van der Waals surface area contributed by atoms with Crippen LogP contribution < -0.4 is 19.1 Å². The summed E-state index contributed by atoms with van der Waals surface area (Å²) in [6.07, 6.45) is 0. The molecule has 32 heavy (non-hydrogen) atoms. The molecule has 0 saturated heterocycles. The quantitative estimate of drug-likeness (QED) is 0.401. The minimum absolute atomic E-state index is 0.150. The molecule has 0 amide bonds. The van der Waals surface area contributed by atoms with Crippen molar-refractivity contribution in [2.75, 3.05) is 23.0 Å². The standard InChI is InChI=1S/C22H21N3O6S/c1-2-24(17-6-4-3-5-7-17)32(28,29)18-9-10-19(20(13-18)25(26)27)23-14-16-8-11-21-22(12-16)31-15-30-21/h3-13,23H,2,14-15H2,1H3. The van der Waals surface area contributed by atoms with Gasteiger partial charge < -0.3 is 14.8 Å². The number of para-hydroxylation sites is 1. The molecule has 9 nitrogen and oxygen atoms in total. The van der Waals surface area contributed by atoms with E-state index in [0.29, 0.717) is 17.2 Å². The molecule has 1 aliphatic rings. The first-order valence-corrected chi connectivity index (χ1v) is 11.3. The number of sulfonamides is 1. The number of rotatable bonds is 8. The minimum Gasteiger partial charge on any atom is -0.454 e. The molecule has 0 fully saturated rings. The number of hydrogen-bond acceptors (Lipinski definition) is 7. The van der Waals surface area contributed by atoms with Crippen LogP contribution in [0.1, 0.15) is 12.5 Å². The van der Waals surface area contributed by atoms with Gasteiger partial charge in [-0.25, -0.2) is 8.42 Å². The Morgan fingerprint density at radius 3 is 2.50 bits per heavy atom.